The van der Waals surface area contributed by atoms with E-state index in [1.165, 1.54) is 6.07 Å². The number of alkyl halides is 2. The van der Waals surface area contributed by atoms with Crippen LogP contribution in [-0.2, 0) is 0 Å². The van der Waals surface area contributed by atoms with Crippen LogP contribution in [0.5, 0.6) is 0 Å². The summed E-state index contributed by atoms with van der Waals surface area (Å²) in [6, 6.07) is 3.27. The van der Waals surface area contributed by atoms with Gasteiger partial charge in [0.15, 0.2) is 0 Å². The van der Waals surface area contributed by atoms with Gasteiger partial charge in [-0.3, -0.25) is 0 Å². The molecule has 0 saturated carbocycles. The van der Waals surface area contributed by atoms with Gasteiger partial charge >= 0.3 is 0 Å². The molecule has 5 heteroatoms. The number of nitrogens with two attached hydrogens (primary N) is 1. The molecule has 2 N–H and O–H groups in total. The first-order chi connectivity index (χ1) is 7.23. The summed E-state index contributed by atoms with van der Waals surface area (Å²) in [7, 11) is 0. The molecule has 98 valence electrons. The molecular formula is C12H17ClF3N. The van der Waals surface area contributed by atoms with E-state index in [1.54, 1.807) is 0 Å². The van der Waals surface area contributed by atoms with Crippen molar-refractivity contribution in [1.29, 1.82) is 0 Å². The second-order valence-corrected chi connectivity index (χ2v) is 4.93. The summed E-state index contributed by atoms with van der Waals surface area (Å²) < 4.78 is 38.0. The third-order valence-electron chi connectivity index (χ3n) is 2.55. The maximum Gasteiger partial charge on any atom is 0.266 e. The van der Waals surface area contributed by atoms with E-state index in [2.05, 4.69) is 0 Å². The average Bonchev–Trinajstić information content (AvgIpc) is 2.14. The molecule has 1 aromatic rings. The molecule has 0 fully saturated rings. The lowest BCUT2D eigenvalue weighted by atomic mass is 9.83. The Balaban J connectivity index is 0.00000256. The zero-order valence-corrected chi connectivity index (χ0v) is 10.8. The minimum Gasteiger partial charge on any atom is -0.324 e. The molecule has 0 aliphatic rings. The first-order valence-electron chi connectivity index (χ1n) is 5.06. The summed E-state index contributed by atoms with van der Waals surface area (Å²) in [5.74, 6) is -0.896. The van der Waals surface area contributed by atoms with Crippen LogP contribution in [0.15, 0.2) is 18.2 Å². The molecule has 0 heterocycles. The Labute approximate surface area is 106 Å². The van der Waals surface area contributed by atoms with Crippen molar-refractivity contribution < 1.29 is 13.2 Å². The van der Waals surface area contributed by atoms with E-state index in [1.807, 2.05) is 20.8 Å². The van der Waals surface area contributed by atoms with Crippen molar-refractivity contribution >= 4 is 12.4 Å². The molecule has 17 heavy (non-hydrogen) atoms. The average molecular weight is 268 g/mol. The lowest BCUT2D eigenvalue weighted by molar-refractivity contribution is 0.146. The van der Waals surface area contributed by atoms with Gasteiger partial charge in [0.1, 0.15) is 5.82 Å². The lowest BCUT2D eigenvalue weighted by Gasteiger charge is -2.27. The Morgan fingerprint density at radius 2 is 1.71 bits per heavy atom. The van der Waals surface area contributed by atoms with Gasteiger partial charge < -0.3 is 5.73 Å². The molecule has 1 nitrogen and oxygen atoms in total. The normalized spacial score (nSPS) is 13.4. The van der Waals surface area contributed by atoms with Crippen LogP contribution in [0.1, 0.15) is 44.4 Å². The fourth-order valence-corrected chi connectivity index (χ4v) is 1.41. The number of hydrogen-bond donors (Lipinski definition) is 1. The third kappa shape index (κ3) is 3.89. The molecule has 1 rings (SSSR count). The fraction of sp³-hybridized carbons (Fsp3) is 0.500. The van der Waals surface area contributed by atoms with E-state index in [4.69, 9.17) is 5.73 Å². The topological polar surface area (TPSA) is 26.0 Å². The number of halogens is 4. The minimum absolute atomic E-state index is 0. The van der Waals surface area contributed by atoms with E-state index in [0.29, 0.717) is 5.56 Å². The molecular weight excluding hydrogens is 251 g/mol. The van der Waals surface area contributed by atoms with Crippen LogP contribution in [0, 0.1) is 11.2 Å². The highest BCUT2D eigenvalue weighted by atomic mass is 35.5. The maximum atomic E-state index is 13.3. The van der Waals surface area contributed by atoms with Gasteiger partial charge in [-0.25, -0.2) is 13.2 Å². The Hall–Kier alpha value is -0.740. The SMILES string of the molecule is CC(C)(C)[C@@H](N)c1ccc(C(F)F)c(F)c1.Cl. The van der Waals surface area contributed by atoms with E-state index in [-0.39, 0.29) is 23.9 Å². The van der Waals surface area contributed by atoms with Gasteiger partial charge in [0.2, 0.25) is 0 Å². The molecule has 1 aromatic carbocycles. The van der Waals surface area contributed by atoms with Crippen LogP contribution >= 0.6 is 12.4 Å². The van der Waals surface area contributed by atoms with Gasteiger partial charge in [-0.05, 0) is 17.0 Å². The Bertz CT molecular complexity index is 375. The summed E-state index contributed by atoms with van der Waals surface area (Å²) >= 11 is 0. The predicted molar refractivity (Wildman–Crippen MR) is 65.0 cm³/mol. The largest absolute Gasteiger partial charge is 0.324 e. The monoisotopic (exact) mass is 267 g/mol. The van der Waals surface area contributed by atoms with Crippen molar-refractivity contribution in [2.24, 2.45) is 11.1 Å². The van der Waals surface area contributed by atoms with Gasteiger partial charge in [-0.1, -0.05) is 32.9 Å². The molecule has 1 atom stereocenters. The smallest absolute Gasteiger partial charge is 0.266 e. The minimum atomic E-state index is -2.79. The van der Waals surface area contributed by atoms with Crippen LogP contribution in [-0.4, -0.2) is 0 Å². The second kappa shape index (κ2) is 5.74. The molecule has 0 aliphatic carbocycles. The number of rotatable bonds is 2. The molecule has 0 saturated heterocycles. The van der Waals surface area contributed by atoms with E-state index in [9.17, 15) is 13.2 Å². The predicted octanol–water partition coefficient (Wildman–Crippen LogP) is 4.23. The van der Waals surface area contributed by atoms with Crippen molar-refractivity contribution in [3.63, 3.8) is 0 Å². The zero-order chi connectivity index (χ0) is 12.5. The molecule has 0 bridgehead atoms. The van der Waals surface area contributed by atoms with E-state index >= 15 is 0 Å². The molecule has 0 unspecified atom stereocenters. The van der Waals surface area contributed by atoms with Crippen LogP contribution in [0.4, 0.5) is 13.2 Å². The fourth-order valence-electron chi connectivity index (χ4n) is 1.41. The highest BCUT2D eigenvalue weighted by Gasteiger charge is 2.24. The maximum absolute atomic E-state index is 13.3. The van der Waals surface area contributed by atoms with Crippen LogP contribution in [0.2, 0.25) is 0 Å². The Morgan fingerprint density at radius 1 is 1.18 bits per heavy atom. The van der Waals surface area contributed by atoms with Gasteiger partial charge in [0.25, 0.3) is 6.43 Å². The van der Waals surface area contributed by atoms with Gasteiger partial charge in [0.05, 0.1) is 5.56 Å². The van der Waals surface area contributed by atoms with Crippen molar-refractivity contribution in [1.82, 2.24) is 0 Å². The summed E-state index contributed by atoms with van der Waals surface area (Å²) in [6.45, 7) is 5.74. The first-order valence-corrected chi connectivity index (χ1v) is 5.06. The summed E-state index contributed by atoms with van der Waals surface area (Å²) in [6.07, 6.45) is -2.79. The first kappa shape index (κ1) is 16.3. The standard InChI is InChI=1S/C12H16F3N.ClH/c1-12(2,3)10(16)7-4-5-8(11(14)15)9(13)6-7;/h4-6,10-11H,16H2,1-3H3;1H/t10-;/m0./s1. The van der Waals surface area contributed by atoms with Gasteiger partial charge in [-0.2, -0.15) is 0 Å². The van der Waals surface area contributed by atoms with Crippen molar-refractivity contribution in [3.8, 4) is 0 Å². The molecule has 0 amide bonds. The molecule has 0 radical (unpaired) electrons. The van der Waals surface area contributed by atoms with E-state index in [0.717, 1.165) is 12.1 Å². The zero-order valence-electron chi connectivity index (χ0n) is 10.0. The van der Waals surface area contributed by atoms with Crippen molar-refractivity contribution in [3.05, 3.63) is 35.1 Å². The number of hydrogen-bond acceptors (Lipinski definition) is 1. The second-order valence-electron chi connectivity index (χ2n) is 4.93. The summed E-state index contributed by atoms with van der Waals surface area (Å²) in [5, 5.41) is 0. The lowest BCUT2D eigenvalue weighted by Crippen LogP contribution is -2.26. The molecule has 0 spiro atoms. The molecule has 0 aliphatic heterocycles. The summed E-state index contributed by atoms with van der Waals surface area (Å²) in [5.41, 5.74) is 5.63. The van der Waals surface area contributed by atoms with Crippen molar-refractivity contribution in [2.45, 2.75) is 33.2 Å². The highest BCUT2D eigenvalue weighted by molar-refractivity contribution is 5.85. The Morgan fingerprint density at radius 3 is 2.06 bits per heavy atom. The number of benzene rings is 1. The molecule has 0 aromatic heterocycles. The summed E-state index contributed by atoms with van der Waals surface area (Å²) in [4.78, 5) is 0. The van der Waals surface area contributed by atoms with Crippen molar-refractivity contribution in [2.75, 3.05) is 0 Å². The highest BCUT2D eigenvalue weighted by Crippen LogP contribution is 2.32. The third-order valence-corrected chi connectivity index (χ3v) is 2.55. The van der Waals surface area contributed by atoms with Gasteiger partial charge in [-0.15, -0.1) is 12.4 Å². The van der Waals surface area contributed by atoms with Crippen LogP contribution in [0.25, 0.3) is 0 Å². The van der Waals surface area contributed by atoms with Crippen LogP contribution in [0.3, 0.4) is 0 Å². The van der Waals surface area contributed by atoms with Crippen LogP contribution < -0.4 is 5.73 Å². The Kier molecular flexibility index (Phi) is 5.49. The van der Waals surface area contributed by atoms with Gasteiger partial charge in [0, 0.05) is 6.04 Å². The van der Waals surface area contributed by atoms with E-state index < -0.39 is 17.8 Å². The quantitative estimate of drug-likeness (QED) is 0.853.